The van der Waals surface area contributed by atoms with Crippen molar-refractivity contribution in [3.8, 4) is 11.8 Å². The summed E-state index contributed by atoms with van der Waals surface area (Å²) < 4.78 is 0. The number of unbranched alkanes of at least 4 members (excludes halogenated alkanes) is 2. The van der Waals surface area contributed by atoms with E-state index in [0.717, 1.165) is 30.5 Å². The fraction of sp³-hybridized carbons (Fsp3) is 0.211. The van der Waals surface area contributed by atoms with E-state index in [4.69, 9.17) is 0 Å². The molecule has 21 heavy (non-hydrogen) atoms. The molecule has 0 atom stereocenters. The van der Waals surface area contributed by atoms with Crippen molar-refractivity contribution < 1.29 is 4.79 Å². The predicted octanol–water partition coefficient (Wildman–Crippen LogP) is 4.48. The minimum absolute atomic E-state index is 0.105. The summed E-state index contributed by atoms with van der Waals surface area (Å²) >= 11 is 0. The lowest BCUT2D eigenvalue weighted by molar-refractivity contribution is 0.102. The van der Waals surface area contributed by atoms with Gasteiger partial charge in [0.15, 0.2) is 0 Å². The second kappa shape index (κ2) is 7.91. The Morgan fingerprint density at radius 2 is 1.76 bits per heavy atom. The molecule has 0 aliphatic carbocycles. The van der Waals surface area contributed by atoms with Gasteiger partial charge in [0, 0.05) is 23.2 Å². The van der Waals surface area contributed by atoms with Crippen molar-refractivity contribution in [1.29, 1.82) is 0 Å². The maximum atomic E-state index is 12.1. The molecule has 0 aliphatic rings. The molecule has 0 radical (unpaired) electrons. The van der Waals surface area contributed by atoms with Crippen LogP contribution in [0.5, 0.6) is 0 Å². The molecule has 2 heteroatoms. The number of rotatable bonds is 4. The lowest BCUT2D eigenvalue weighted by Gasteiger charge is -2.04. The molecule has 0 heterocycles. The molecule has 2 nitrogen and oxygen atoms in total. The zero-order valence-electron chi connectivity index (χ0n) is 12.2. The summed E-state index contributed by atoms with van der Waals surface area (Å²) in [4.78, 5) is 12.1. The summed E-state index contributed by atoms with van der Waals surface area (Å²) in [6.45, 7) is 2.15. The second-order valence-corrected chi connectivity index (χ2v) is 4.80. The molecule has 2 aromatic carbocycles. The number of anilines is 1. The number of para-hydroxylation sites is 1. The van der Waals surface area contributed by atoms with Crippen LogP contribution in [0.1, 0.15) is 42.1 Å². The van der Waals surface area contributed by atoms with Gasteiger partial charge in [0.2, 0.25) is 0 Å². The second-order valence-electron chi connectivity index (χ2n) is 4.80. The highest BCUT2D eigenvalue weighted by Crippen LogP contribution is 2.09. The summed E-state index contributed by atoms with van der Waals surface area (Å²) in [6, 6.07) is 16.8. The molecule has 0 saturated heterocycles. The number of carbonyl (C=O) groups excluding carboxylic acids is 1. The number of carbonyl (C=O) groups is 1. The number of benzene rings is 2. The molecule has 2 aromatic rings. The van der Waals surface area contributed by atoms with E-state index >= 15 is 0 Å². The Bertz CT molecular complexity index is 633. The number of hydrogen-bond donors (Lipinski definition) is 1. The molecule has 0 spiro atoms. The maximum Gasteiger partial charge on any atom is 0.255 e. The molecule has 106 valence electrons. The lowest BCUT2D eigenvalue weighted by Crippen LogP contribution is -2.11. The molecule has 0 saturated carbocycles. The Hall–Kier alpha value is -2.53. The fourth-order valence-electron chi connectivity index (χ4n) is 1.86. The molecule has 0 aromatic heterocycles. The molecule has 0 bridgehead atoms. The average Bonchev–Trinajstić information content (AvgIpc) is 2.53. The normalized spacial score (nSPS) is 9.57. The van der Waals surface area contributed by atoms with Gasteiger partial charge in [0.05, 0.1) is 0 Å². The topological polar surface area (TPSA) is 29.1 Å². The van der Waals surface area contributed by atoms with Gasteiger partial charge in [-0.15, -0.1) is 0 Å². The highest BCUT2D eigenvalue weighted by atomic mass is 16.1. The van der Waals surface area contributed by atoms with E-state index in [-0.39, 0.29) is 5.91 Å². The van der Waals surface area contributed by atoms with E-state index in [2.05, 4.69) is 24.1 Å². The van der Waals surface area contributed by atoms with Crippen LogP contribution in [0.25, 0.3) is 0 Å². The van der Waals surface area contributed by atoms with E-state index in [1.165, 1.54) is 0 Å². The van der Waals surface area contributed by atoms with Crippen molar-refractivity contribution in [2.24, 2.45) is 0 Å². The average molecular weight is 277 g/mol. The first-order chi connectivity index (χ1) is 10.3. The fourth-order valence-corrected chi connectivity index (χ4v) is 1.86. The lowest BCUT2D eigenvalue weighted by atomic mass is 10.1. The van der Waals surface area contributed by atoms with Crippen molar-refractivity contribution >= 4 is 11.6 Å². The maximum absolute atomic E-state index is 12.1. The van der Waals surface area contributed by atoms with E-state index in [9.17, 15) is 4.79 Å². The van der Waals surface area contributed by atoms with Crippen molar-refractivity contribution in [1.82, 2.24) is 0 Å². The SMILES string of the molecule is CCCCC#Cc1ccc(C(=O)Nc2ccccc2)cc1. The molecule has 2 rings (SSSR count). The molecule has 1 amide bonds. The van der Waals surface area contributed by atoms with Gasteiger partial charge >= 0.3 is 0 Å². The van der Waals surface area contributed by atoms with Crippen molar-refractivity contribution in [2.45, 2.75) is 26.2 Å². The van der Waals surface area contributed by atoms with Crippen LogP contribution in [0.4, 0.5) is 5.69 Å². The van der Waals surface area contributed by atoms with Gasteiger partial charge in [-0.05, 0) is 42.8 Å². The van der Waals surface area contributed by atoms with Gasteiger partial charge in [-0.25, -0.2) is 0 Å². The molecular formula is C19H19NO. The Morgan fingerprint density at radius 1 is 1.05 bits per heavy atom. The third kappa shape index (κ3) is 4.81. The molecule has 0 unspecified atom stereocenters. The third-order valence-electron chi connectivity index (χ3n) is 3.07. The summed E-state index contributed by atoms with van der Waals surface area (Å²) in [5.41, 5.74) is 2.38. The Balaban J connectivity index is 1.98. The van der Waals surface area contributed by atoms with E-state index in [0.29, 0.717) is 5.56 Å². The van der Waals surface area contributed by atoms with Gasteiger partial charge in [-0.3, -0.25) is 4.79 Å². The Kier molecular flexibility index (Phi) is 5.60. The monoisotopic (exact) mass is 277 g/mol. The number of amides is 1. The van der Waals surface area contributed by atoms with Crippen LogP contribution in [0.2, 0.25) is 0 Å². The van der Waals surface area contributed by atoms with Crippen LogP contribution in [0, 0.1) is 11.8 Å². The van der Waals surface area contributed by atoms with Gasteiger partial charge in [-0.2, -0.15) is 0 Å². The minimum atomic E-state index is -0.105. The summed E-state index contributed by atoms with van der Waals surface area (Å²) in [5, 5.41) is 2.86. The molecule has 0 fully saturated rings. The van der Waals surface area contributed by atoms with Crippen molar-refractivity contribution in [2.75, 3.05) is 5.32 Å². The van der Waals surface area contributed by atoms with E-state index in [1.807, 2.05) is 54.6 Å². The predicted molar refractivity (Wildman–Crippen MR) is 87.2 cm³/mol. The highest BCUT2D eigenvalue weighted by Gasteiger charge is 2.04. The molecule has 1 N–H and O–H groups in total. The first kappa shape index (κ1) is 14.9. The van der Waals surface area contributed by atoms with E-state index in [1.54, 1.807) is 0 Å². The van der Waals surface area contributed by atoms with Gasteiger partial charge in [0.25, 0.3) is 5.91 Å². The number of nitrogens with one attached hydrogen (secondary N) is 1. The van der Waals surface area contributed by atoms with E-state index < -0.39 is 0 Å². The van der Waals surface area contributed by atoms with Crippen LogP contribution < -0.4 is 5.32 Å². The van der Waals surface area contributed by atoms with Crippen LogP contribution in [-0.4, -0.2) is 5.91 Å². The summed E-state index contributed by atoms with van der Waals surface area (Å²) in [7, 11) is 0. The molecule has 0 aliphatic heterocycles. The first-order valence-corrected chi connectivity index (χ1v) is 7.25. The number of hydrogen-bond acceptors (Lipinski definition) is 1. The molecular weight excluding hydrogens is 258 g/mol. The first-order valence-electron chi connectivity index (χ1n) is 7.25. The Morgan fingerprint density at radius 3 is 2.43 bits per heavy atom. The van der Waals surface area contributed by atoms with Gasteiger partial charge in [-0.1, -0.05) is 43.4 Å². The van der Waals surface area contributed by atoms with Crippen LogP contribution in [0.3, 0.4) is 0 Å². The van der Waals surface area contributed by atoms with Crippen LogP contribution >= 0.6 is 0 Å². The quantitative estimate of drug-likeness (QED) is 0.648. The van der Waals surface area contributed by atoms with Crippen molar-refractivity contribution in [3.63, 3.8) is 0 Å². The van der Waals surface area contributed by atoms with Gasteiger partial charge in [0.1, 0.15) is 0 Å². The van der Waals surface area contributed by atoms with Crippen molar-refractivity contribution in [3.05, 3.63) is 65.7 Å². The zero-order valence-corrected chi connectivity index (χ0v) is 12.2. The summed E-state index contributed by atoms with van der Waals surface area (Å²) in [5.74, 6) is 6.15. The Labute approximate surface area is 126 Å². The smallest absolute Gasteiger partial charge is 0.255 e. The van der Waals surface area contributed by atoms with Crippen LogP contribution in [0.15, 0.2) is 54.6 Å². The minimum Gasteiger partial charge on any atom is -0.322 e. The van der Waals surface area contributed by atoms with Gasteiger partial charge < -0.3 is 5.32 Å². The standard InChI is InChI=1S/C19H19NO/c1-2-3-4-6-9-16-12-14-17(15-13-16)19(21)20-18-10-7-5-8-11-18/h5,7-8,10-15H,2-4H2,1H3,(H,20,21). The third-order valence-corrected chi connectivity index (χ3v) is 3.07. The highest BCUT2D eigenvalue weighted by molar-refractivity contribution is 6.04. The summed E-state index contributed by atoms with van der Waals surface area (Å²) in [6.07, 6.45) is 3.21. The largest absolute Gasteiger partial charge is 0.322 e. The van der Waals surface area contributed by atoms with Crippen LogP contribution in [-0.2, 0) is 0 Å². The zero-order chi connectivity index (χ0) is 14.9.